The molecule has 0 spiro atoms. The Balaban J connectivity index is 2.95. The van der Waals surface area contributed by atoms with Crippen molar-refractivity contribution in [3.05, 3.63) is 29.6 Å². The van der Waals surface area contributed by atoms with Crippen LogP contribution in [0.3, 0.4) is 0 Å². The van der Waals surface area contributed by atoms with Crippen molar-refractivity contribution in [2.75, 3.05) is 11.1 Å². The third kappa shape index (κ3) is 2.41. The predicted molar refractivity (Wildman–Crippen MR) is 48.8 cm³/mol. The van der Waals surface area contributed by atoms with Crippen LogP contribution < -0.4 is 5.32 Å². The van der Waals surface area contributed by atoms with Gasteiger partial charge in [-0.2, -0.15) is 12.6 Å². The molecule has 1 aromatic rings. The molecule has 1 amide bonds. The Hall–Kier alpha value is -1.17. The standard InChI is InChI=1S/C8H6F3NOS/c9-5-1-4(12-7(13)3-14)2-6(10)8(5)11/h1-2,14H,3H2,(H,12,13). The summed E-state index contributed by atoms with van der Waals surface area (Å²) in [6.07, 6.45) is 0. The van der Waals surface area contributed by atoms with Gasteiger partial charge in [0.25, 0.3) is 0 Å². The van der Waals surface area contributed by atoms with Gasteiger partial charge in [-0.25, -0.2) is 13.2 Å². The number of amides is 1. The van der Waals surface area contributed by atoms with E-state index in [-0.39, 0.29) is 11.4 Å². The van der Waals surface area contributed by atoms with E-state index in [1.807, 2.05) is 0 Å². The number of nitrogens with one attached hydrogen (secondary N) is 1. The van der Waals surface area contributed by atoms with Gasteiger partial charge < -0.3 is 5.32 Å². The van der Waals surface area contributed by atoms with Gasteiger partial charge in [0.15, 0.2) is 17.5 Å². The Bertz CT molecular complexity index is 347. The van der Waals surface area contributed by atoms with Crippen molar-refractivity contribution in [2.24, 2.45) is 0 Å². The molecular weight excluding hydrogens is 215 g/mol. The van der Waals surface area contributed by atoms with Crippen LogP contribution >= 0.6 is 12.6 Å². The maximum Gasteiger partial charge on any atom is 0.234 e. The third-order valence-electron chi connectivity index (χ3n) is 1.41. The van der Waals surface area contributed by atoms with Gasteiger partial charge in [0, 0.05) is 17.8 Å². The molecule has 1 aromatic carbocycles. The molecule has 6 heteroatoms. The maximum atomic E-state index is 12.6. The lowest BCUT2D eigenvalue weighted by Crippen LogP contribution is -2.13. The van der Waals surface area contributed by atoms with Crippen LogP contribution in [0.1, 0.15) is 0 Å². The van der Waals surface area contributed by atoms with Crippen LogP contribution in [-0.2, 0) is 4.79 Å². The molecule has 0 unspecified atom stereocenters. The number of hydrogen-bond acceptors (Lipinski definition) is 2. The number of hydrogen-bond donors (Lipinski definition) is 2. The average Bonchev–Trinajstić information content (AvgIpc) is 2.14. The van der Waals surface area contributed by atoms with E-state index in [1.54, 1.807) is 0 Å². The van der Waals surface area contributed by atoms with Gasteiger partial charge in [-0.3, -0.25) is 4.79 Å². The highest BCUT2D eigenvalue weighted by molar-refractivity contribution is 7.81. The Labute approximate surface area is 83.5 Å². The van der Waals surface area contributed by atoms with Crippen molar-refractivity contribution in [2.45, 2.75) is 0 Å². The molecule has 0 saturated heterocycles. The summed E-state index contributed by atoms with van der Waals surface area (Å²) >= 11 is 3.64. The smallest absolute Gasteiger partial charge is 0.234 e. The van der Waals surface area contributed by atoms with Gasteiger partial charge in [-0.1, -0.05) is 0 Å². The second kappa shape index (κ2) is 4.36. The normalized spacial score (nSPS) is 10.0. The molecule has 0 heterocycles. The molecule has 0 bridgehead atoms. The number of thiol groups is 1. The zero-order chi connectivity index (χ0) is 10.7. The number of benzene rings is 1. The molecule has 0 radical (unpaired) electrons. The molecular formula is C8H6F3NOS. The topological polar surface area (TPSA) is 29.1 Å². The van der Waals surface area contributed by atoms with E-state index in [9.17, 15) is 18.0 Å². The number of anilines is 1. The molecule has 1 N–H and O–H groups in total. The van der Waals surface area contributed by atoms with Gasteiger partial charge in [-0.15, -0.1) is 0 Å². The van der Waals surface area contributed by atoms with Crippen LogP contribution in [0.4, 0.5) is 18.9 Å². The largest absolute Gasteiger partial charge is 0.325 e. The second-order valence-corrected chi connectivity index (χ2v) is 2.78. The highest BCUT2D eigenvalue weighted by Crippen LogP contribution is 2.17. The minimum absolute atomic E-state index is 0.124. The fourth-order valence-corrected chi connectivity index (χ4v) is 0.907. The number of carbonyl (C=O) groups excluding carboxylic acids is 1. The Morgan fingerprint density at radius 1 is 1.29 bits per heavy atom. The van der Waals surface area contributed by atoms with E-state index in [4.69, 9.17) is 0 Å². The first-order valence-electron chi connectivity index (χ1n) is 3.60. The predicted octanol–water partition coefficient (Wildman–Crippen LogP) is 1.97. The van der Waals surface area contributed by atoms with Crippen molar-refractivity contribution in [1.82, 2.24) is 0 Å². The highest BCUT2D eigenvalue weighted by atomic mass is 32.1. The molecule has 0 aliphatic carbocycles. The van der Waals surface area contributed by atoms with Crippen molar-refractivity contribution in [3.63, 3.8) is 0 Å². The number of rotatable bonds is 2. The molecule has 76 valence electrons. The summed E-state index contributed by atoms with van der Waals surface area (Å²) in [7, 11) is 0. The molecule has 1 rings (SSSR count). The number of halogens is 3. The molecule has 0 saturated carbocycles. The van der Waals surface area contributed by atoms with Crippen LogP contribution in [0.2, 0.25) is 0 Å². The van der Waals surface area contributed by atoms with Gasteiger partial charge in [-0.05, 0) is 0 Å². The lowest BCUT2D eigenvalue weighted by molar-refractivity contribution is -0.113. The van der Waals surface area contributed by atoms with Crippen LogP contribution in [0.25, 0.3) is 0 Å². The first-order valence-corrected chi connectivity index (χ1v) is 4.23. The molecule has 2 nitrogen and oxygen atoms in total. The Kier molecular flexibility index (Phi) is 3.40. The minimum Gasteiger partial charge on any atom is -0.325 e. The van der Waals surface area contributed by atoms with E-state index < -0.39 is 23.4 Å². The average molecular weight is 221 g/mol. The summed E-state index contributed by atoms with van der Waals surface area (Å²) in [5.41, 5.74) is -0.138. The van der Waals surface area contributed by atoms with Crippen molar-refractivity contribution in [3.8, 4) is 0 Å². The van der Waals surface area contributed by atoms with Gasteiger partial charge in [0.1, 0.15) is 0 Å². The van der Waals surface area contributed by atoms with Crippen LogP contribution in [0.5, 0.6) is 0 Å². The Morgan fingerprint density at radius 3 is 2.21 bits per heavy atom. The second-order valence-electron chi connectivity index (χ2n) is 2.46. The Morgan fingerprint density at radius 2 is 1.79 bits per heavy atom. The van der Waals surface area contributed by atoms with Crippen molar-refractivity contribution < 1.29 is 18.0 Å². The van der Waals surface area contributed by atoms with Gasteiger partial charge in [0.05, 0.1) is 5.75 Å². The summed E-state index contributed by atoms with van der Waals surface area (Å²) in [6, 6.07) is 1.39. The molecule has 0 aromatic heterocycles. The first-order chi connectivity index (χ1) is 6.54. The molecule has 0 fully saturated rings. The van der Waals surface area contributed by atoms with Crippen LogP contribution in [-0.4, -0.2) is 11.7 Å². The fraction of sp³-hybridized carbons (Fsp3) is 0.125. The van der Waals surface area contributed by atoms with E-state index in [0.717, 1.165) is 0 Å². The third-order valence-corrected chi connectivity index (χ3v) is 1.70. The van der Waals surface area contributed by atoms with Crippen molar-refractivity contribution in [1.29, 1.82) is 0 Å². The molecule has 0 atom stereocenters. The molecule has 0 aliphatic rings. The van der Waals surface area contributed by atoms with Gasteiger partial charge >= 0.3 is 0 Å². The van der Waals surface area contributed by atoms with Crippen LogP contribution in [0.15, 0.2) is 12.1 Å². The van der Waals surface area contributed by atoms with Crippen molar-refractivity contribution >= 4 is 24.2 Å². The fourth-order valence-electron chi connectivity index (χ4n) is 0.828. The lowest BCUT2D eigenvalue weighted by Gasteiger charge is -2.04. The van der Waals surface area contributed by atoms with E-state index in [2.05, 4.69) is 17.9 Å². The lowest BCUT2D eigenvalue weighted by atomic mass is 10.3. The van der Waals surface area contributed by atoms with E-state index in [1.165, 1.54) is 0 Å². The molecule has 14 heavy (non-hydrogen) atoms. The molecule has 0 aliphatic heterocycles. The summed E-state index contributed by atoms with van der Waals surface area (Å²) < 4.78 is 37.7. The minimum atomic E-state index is -1.56. The van der Waals surface area contributed by atoms with E-state index >= 15 is 0 Å². The van der Waals surface area contributed by atoms with Crippen LogP contribution in [0, 0.1) is 17.5 Å². The van der Waals surface area contributed by atoms with Gasteiger partial charge in [0.2, 0.25) is 5.91 Å². The summed E-state index contributed by atoms with van der Waals surface area (Å²) in [5.74, 6) is -4.91. The maximum absolute atomic E-state index is 12.6. The summed E-state index contributed by atoms with van der Waals surface area (Å²) in [4.78, 5) is 10.8. The quantitative estimate of drug-likeness (QED) is 0.580. The van der Waals surface area contributed by atoms with E-state index in [0.29, 0.717) is 12.1 Å². The SMILES string of the molecule is O=C(CS)Nc1cc(F)c(F)c(F)c1. The first kappa shape index (κ1) is 10.9. The monoisotopic (exact) mass is 221 g/mol. The highest BCUT2D eigenvalue weighted by Gasteiger charge is 2.11. The number of carbonyl (C=O) groups is 1. The zero-order valence-electron chi connectivity index (χ0n) is 6.85. The summed E-state index contributed by atoms with van der Waals surface area (Å²) in [5, 5.41) is 2.14. The summed E-state index contributed by atoms with van der Waals surface area (Å²) in [6.45, 7) is 0. The zero-order valence-corrected chi connectivity index (χ0v) is 7.75.